The molecule has 1 N–H and O–H groups in total. The minimum Gasteiger partial charge on any atom is -0.406 e. The van der Waals surface area contributed by atoms with Gasteiger partial charge in [0.05, 0.1) is 18.0 Å². The molecule has 8 heteroatoms. The Hall–Kier alpha value is -2.09. The molecule has 5 nitrogen and oxygen atoms in total. The Kier molecular flexibility index (Phi) is 3.43. The lowest BCUT2D eigenvalue weighted by molar-refractivity contribution is -0.274. The predicted octanol–water partition coefficient (Wildman–Crippen LogP) is 1.97. The Morgan fingerprint density at radius 1 is 1.26 bits per heavy atom. The van der Waals surface area contributed by atoms with Crippen LogP contribution in [0, 0.1) is 6.92 Å². The van der Waals surface area contributed by atoms with E-state index in [0.717, 1.165) is 0 Å². The lowest BCUT2D eigenvalue weighted by Crippen LogP contribution is -2.17. The van der Waals surface area contributed by atoms with E-state index >= 15 is 0 Å². The van der Waals surface area contributed by atoms with Gasteiger partial charge in [0, 0.05) is 0 Å². The number of aliphatic hydroxyl groups is 1. The molecule has 0 spiro atoms. The van der Waals surface area contributed by atoms with E-state index in [4.69, 9.17) is 5.11 Å². The number of alkyl halides is 3. The van der Waals surface area contributed by atoms with E-state index in [2.05, 4.69) is 15.0 Å². The highest BCUT2D eigenvalue weighted by molar-refractivity contribution is 5.38. The Labute approximate surface area is 106 Å². The van der Waals surface area contributed by atoms with Gasteiger partial charge in [0.2, 0.25) is 0 Å². The highest BCUT2D eigenvalue weighted by Crippen LogP contribution is 2.23. The van der Waals surface area contributed by atoms with Crippen molar-refractivity contribution in [3.05, 3.63) is 35.7 Å². The van der Waals surface area contributed by atoms with Gasteiger partial charge in [-0.2, -0.15) is 0 Å². The number of aliphatic hydroxyl groups excluding tert-OH is 1. The largest absolute Gasteiger partial charge is 0.573 e. The number of rotatable bonds is 3. The van der Waals surface area contributed by atoms with Crippen LogP contribution in [0.25, 0.3) is 5.69 Å². The van der Waals surface area contributed by atoms with E-state index in [0.29, 0.717) is 17.1 Å². The molecule has 1 heterocycles. The van der Waals surface area contributed by atoms with Gasteiger partial charge in [0.15, 0.2) is 0 Å². The molecule has 0 bridgehead atoms. The second kappa shape index (κ2) is 4.88. The maximum atomic E-state index is 12.0. The van der Waals surface area contributed by atoms with Gasteiger partial charge in [0.1, 0.15) is 11.4 Å². The molecular weight excluding hydrogens is 263 g/mol. The van der Waals surface area contributed by atoms with E-state index in [1.165, 1.54) is 28.9 Å². The summed E-state index contributed by atoms with van der Waals surface area (Å²) in [6.07, 6.45) is -4.71. The van der Waals surface area contributed by atoms with Crippen molar-refractivity contribution in [1.82, 2.24) is 15.0 Å². The van der Waals surface area contributed by atoms with Crippen LogP contribution in [0.4, 0.5) is 13.2 Å². The summed E-state index contributed by atoms with van der Waals surface area (Å²) in [6.45, 7) is 1.45. The third kappa shape index (κ3) is 3.02. The molecule has 1 aromatic carbocycles. The van der Waals surface area contributed by atoms with Crippen LogP contribution in [0.2, 0.25) is 0 Å². The summed E-state index contributed by atoms with van der Waals surface area (Å²) >= 11 is 0. The lowest BCUT2D eigenvalue weighted by atomic mass is 10.3. The van der Waals surface area contributed by atoms with Crippen LogP contribution in [0.15, 0.2) is 24.3 Å². The molecule has 0 aliphatic heterocycles. The molecule has 0 saturated carbocycles. The standard InChI is InChI=1S/C11H10F3N3O2/c1-7-10(6-18)15-16-17(7)8-2-4-9(5-3-8)19-11(12,13)14/h2-5,18H,6H2,1H3. The molecule has 0 atom stereocenters. The van der Waals surface area contributed by atoms with Gasteiger partial charge in [0.25, 0.3) is 0 Å². The monoisotopic (exact) mass is 273 g/mol. The van der Waals surface area contributed by atoms with Crippen LogP contribution in [-0.2, 0) is 6.61 Å². The number of benzene rings is 1. The average molecular weight is 273 g/mol. The van der Waals surface area contributed by atoms with Gasteiger partial charge in [-0.05, 0) is 31.2 Å². The molecule has 1 aromatic heterocycles. The molecule has 19 heavy (non-hydrogen) atoms. The lowest BCUT2D eigenvalue weighted by Gasteiger charge is -2.09. The normalized spacial score (nSPS) is 11.6. The first-order valence-corrected chi connectivity index (χ1v) is 5.29. The third-order valence-corrected chi connectivity index (χ3v) is 2.45. The van der Waals surface area contributed by atoms with E-state index in [1.807, 2.05) is 0 Å². The molecule has 0 amide bonds. The van der Waals surface area contributed by atoms with E-state index in [1.54, 1.807) is 6.92 Å². The van der Waals surface area contributed by atoms with Crippen molar-refractivity contribution < 1.29 is 23.0 Å². The summed E-state index contributed by atoms with van der Waals surface area (Å²) < 4.78 is 41.2. The highest BCUT2D eigenvalue weighted by atomic mass is 19.4. The molecule has 0 fully saturated rings. The van der Waals surface area contributed by atoms with Gasteiger partial charge in [-0.1, -0.05) is 5.21 Å². The third-order valence-electron chi connectivity index (χ3n) is 2.45. The molecular formula is C11H10F3N3O2. The first kappa shape index (κ1) is 13.3. The minimum atomic E-state index is -4.71. The molecule has 0 aliphatic carbocycles. The summed E-state index contributed by atoms with van der Waals surface area (Å²) in [4.78, 5) is 0. The molecule has 0 unspecified atom stereocenters. The van der Waals surface area contributed by atoms with Crippen molar-refractivity contribution in [1.29, 1.82) is 0 Å². The minimum absolute atomic E-state index is 0.249. The highest BCUT2D eigenvalue weighted by Gasteiger charge is 2.31. The summed E-state index contributed by atoms with van der Waals surface area (Å²) in [5.41, 5.74) is 1.56. The molecule has 2 rings (SSSR count). The molecule has 0 saturated heterocycles. The van der Waals surface area contributed by atoms with E-state index < -0.39 is 6.36 Å². The second-order valence-corrected chi connectivity index (χ2v) is 3.73. The van der Waals surface area contributed by atoms with Crippen molar-refractivity contribution in [2.24, 2.45) is 0 Å². The van der Waals surface area contributed by atoms with Crippen molar-refractivity contribution in [3.63, 3.8) is 0 Å². The van der Waals surface area contributed by atoms with Crippen LogP contribution >= 0.6 is 0 Å². The number of halogens is 3. The molecule has 102 valence electrons. The van der Waals surface area contributed by atoms with Gasteiger partial charge in [-0.25, -0.2) is 4.68 Å². The van der Waals surface area contributed by atoms with Crippen LogP contribution in [0.5, 0.6) is 5.75 Å². The van der Waals surface area contributed by atoms with Gasteiger partial charge in [-0.15, -0.1) is 18.3 Å². The number of hydrogen-bond donors (Lipinski definition) is 1. The fourth-order valence-electron chi connectivity index (χ4n) is 1.54. The van der Waals surface area contributed by atoms with Gasteiger partial charge >= 0.3 is 6.36 Å². The van der Waals surface area contributed by atoms with E-state index in [9.17, 15) is 13.2 Å². The Bertz CT molecular complexity index is 564. The van der Waals surface area contributed by atoms with Crippen LogP contribution < -0.4 is 4.74 Å². The molecule has 0 aliphatic rings. The van der Waals surface area contributed by atoms with E-state index in [-0.39, 0.29) is 12.4 Å². The Morgan fingerprint density at radius 3 is 2.37 bits per heavy atom. The van der Waals surface area contributed by atoms with Crippen molar-refractivity contribution in [2.45, 2.75) is 19.9 Å². The number of ether oxygens (including phenoxy) is 1. The zero-order valence-corrected chi connectivity index (χ0v) is 9.85. The average Bonchev–Trinajstić information content (AvgIpc) is 2.69. The first-order chi connectivity index (χ1) is 8.90. The quantitative estimate of drug-likeness (QED) is 0.928. The SMILES string of the molecule is Cc1c(CO)nnn1-c1ccc(OC(F)(F)F)cc1. The Morgan fingerprint density at radius 2 is 1.89 bits per heavy atom. The maximum absolute atomic E-state index is 12.0. The van der Waals surface area contributed by atoms with Crippen LogP contribution in [-0.4, -0.2) is 26.5 Å². The predicted molar refractivity (Wildman–Crippen MR) is 58.7 cm³/mol. The zero-order valence-electron chi connectivity index (χ0n) is 9.85. The number of nitrogens with zero attached hydrogens (tertiary/aromatic N) is 3. The number of aromatic nitrogens is 3. The van der Waals surface area contributed by atoms with Crippen LogP contribution in [0.1, 0.15) is 11.4 Å². The summed E-state index contributed by atoms with van der Waals surface area (Å²) in [7, 11) is 0. The maximum Gasteiger partial charge on any atom is 0.573 e. The summed E-state index contributed by atoms with van der Waals surface area (Å²) in [6, 6.07) is 5.21. The van der Waals surface area contributed by atoms with Crippen molar-refractivity contribution in [2.75, 3.05) is 0 Å². The van der Waals surface area contributed by atoms with Gasteiger partial charge in [-0.3, -0.25) is 0 Å². The van der Waals surface area contributed by atoms with Gasteiger partial charge < -0.3 is 9.84 Å². The summed E-state index contributed by atoms with van der Waals surface area (Å²) in [5.74, 6) is -0.309. The van der Waals surface area contributed by atoms with Crippen LogP contribution in [0.3, 0.4) is 0 Å². The second-order valence-electron chi connectivity index (χ2n) is 3.73. The molecule has 0 radical (unpaired) electrons. The summed E-state index contributed by atoms with van der Waals surface area (Å²) in [5, 5.41) is 16.5. The molecule has 2 aromatic rings. The smallest absolute Gasteiger partial charge is 0.406 e. The van der Waals surface area contributed by atoms with Crippen molar-refractivity contribution in [3.8, 4) is 11.4 Å². The topological polar surface area (TPSA) is 60.2 Å². The van der Waals surface area contributed by atoms with Crippen molar-refractivity contribution >= 4 is 0 Å². The number of hydrogen-bond acceptors (Lipinski definition) is 4. The fourth-order valence-corrected chi connectivity index (χ4v) is 1.54. The Balaban J connectivity index is 2.25. The zero-order chi connectivity index (χ0) is 14.0. The fraction of sp³-hybridized carbons (Fsp3) is 0.273. The first-order valence-electron chi connectivity index (χ1n) is 5.29.